The van der Waals surface area contributed by atoms with Crippen molar-refractivity contribution in [1.82, 2.24) is 0 Å². The molecule has 0 amide bonds. The Morgan fingerprint density at radius 1 is 1.58 bits per heavy atom. The number of rotatable bonds is 3. The third kappa shape index (κ3) is 2.06. The molecule has 0 bridgehead atoms. The molecule has 1 fully saturated rings. The van der Waals surface area contributed by atoms with E-state index in [0.717, 1.165) is 12.8 Å². The number of carbonyl (C=O) groups is 1. The summed E-state index contributed by atoms with van der Waals surface area (Å²) in [6.45, 7) is 1.62. The lowest BCUT2D eigenvalue weighted by Gasteiger charge is -2.33. The van der Waals surface area contributed by atoms with Gasteiger partial charge in [0.1, 0.15) is 5.78 Å². The minimum Gasteiger partial charge on any atom is -0.484 e. The van der Waals surface area contributed by atoms with Gasteiger partial charge in [0.25, 0.3) is 0 Å². The van der Waals surface area contributed by atoms with Crippen LogP contribution in [0.15, 0.2) is 0 Å². The van der Waals surface area contributed by atoms with E-state index in [1.54, 1.807) is 6.92 Å². The van der Waals surface area contributed by atoms with E-state index >= 15 is 0 Å². The molecule has 0 atom stereocenters. The zero-order chi connectivity index (χ0) is 9.14. The molecule has 1 N–H and O–H groups in total. The monoisotopic (exact) mass is 169 g/mol. The van der Waals surface area contributed by atoms with E-state index in [1.807, 2.05) is 0 Å². The predicted molar refractivity (Wildman–Crippen MR) is 46.2 cm³/mol. The molecular formula is C9H15NO2. The molecule has 0 radical (unpaired) electrons. The molecule has 0 aromatic heterocycles. The highest BCUT2D eigenvalue weighted by atomic mass is 16.5. The number of hydrogen-bond acceptors (Lipinski definition) is 3. The third-order valence-corrected chi connectivity index (χ3v) is 2.40. The van der Waals surface area contributed by atoms with Crippen LogP contribution in [0, 0.1) is 17.2 Å². The Morgan fingerprint density at radius 2 is 2.17 bits per heavy atom. The van der Waals surface area contributed by atoms with Gasteiger partial charge < -0.3 is 9.53 Å². The van der Waals surface area contributed by atoms with E-state index < -0.39 is 0 Å². The lowest BCUT2D eigenvalue weighted by atomic mass is 9.72. The summed E-state index contributed by atoms with van der Waals surface area (Å²) in [5.74, 6) is 1.40. The second-order valence-corrected chi connectivity index (χ2v) is 3.51. The van der Waals surface area contributed by atoms with Crippen LogP contribution in [0.1, 0.15) is 26.2 Å². The van der Waals surface area contributed by atoms with Crippen LogP contribution in [0.25, 0.3) is 0 Å². The Morgan fingerprint density at radius 3 is 2.58 bits per heavy atom. The van der Waals surface area contributed by atoms with E-state index in [1.165, 1.54) is 7.11 Å². The Labute approximate surface area is 72.6 Å². The normalized spacial score (nSPS) is 27.5. The van der Waals surface area contributed by atoms with E-state index in [4.69, 9.17) is 10.1 Å². The standard InChI is InChI=1S/C9H15NO2/c1-6(11)3-7-4-8(5-7)9(10)12-2/h7-8,10H,3-5H2,1-2H3. The van der Waals surface area contributed by atoms with Gasteiger partial charge >= 0.3 is 0 Å². The molecule has 1 aliphatic carbocycles. The summed E-state index contributed by atoms with van der Waals surface area (Å²) in [5.41, 5.74) is 0. The number of nitrogens with one attached hydrogen (secondary N) is 1. The molecule has 12 heavy (non-hydrogen) atoms. The van der Waals surface area contributed by atoms with E-state index in [0.29, 0.717) is 18.2 Å². The summed E-state index contributed by atoms with van der Waals surface area (Å²) in [7, 11) is 1.53. The maximum Gasteiger partial charge on any atom is 0.183 e. The van der Waals surface area contributed by atoms with Gasteiger partial charge in [-0.25, -0.2) is 0 Å². The van der Waals surface area contributed by atoms with Crippen molar-refractivity contribution in [3.05, 3.63) is 0 Å². The molecule has 1 rings (SSSR count). The highest BCUT2D eigenvalue weighted by molar-refractivity contribution is 5.78. The number of ether oxygens (including phenoxy) is 1. The van der Waals surface area contributed by atoms with Gasteiger partial charge in [0.05, 0.1) is 7.11 Å². The zero-order valence-electron chi connectivity index (χ0n) is 7.59. The number of Topliss-reactive ketones (excluding diaryl/α,β-unsaturated/α-hetero) is 1. The molecule has 1 aliphatic rings. The Hall–Kier alpha value is -0.860. The van der Waals surface area contributed by atoms with Crippen LogP contribution >= 0.6 is 0 Å². The molecule has 0 unspecified atom stereocenters. The minimum absolute atomic E-state index is 0.252. The summed E-state index contributed by atoms with van der Waals surface area (Å²) >= 11 is 0. The van der Waals surface area contributed by atoms with Gasteiger partial charge in [0.15, 0.2) is 5.90 Å². The van der Waals surface area contributed by atoms with Crippen molar-refractivity contribution < 1.29 is 9.53 Å². The molecular weight excluding hydrogens is 154 g/mol. The average Bonchev–Trinajstić information content (AvgIpc) is 1.94. The molecule has 3 nitrogen and oxygen atoms in total. The van der Waals surface area contributed by atoms with Gasteiger partial charge in [-0.1, -0.05) is 0 Å². The lowest BCUT2D eigenvalue weighted by molar-refractivity contribution is -0.118. The molecule has 0 aromatic carbocycles. The van der Waals surface area contributed by atoms with Crippen molar-refractivity contribution in [1.29, 1.82) is 5.41 Å². The largest absolute Gasteiger partial charge is 0.484 e. The second-order valence-electron chi connectivity index (χ2n) is 3.51. The van der Waals surface area contributed by atoms with E-state index in [-0.39, 0.29) is 11.7 Å². The first-order chi connectivity index (χ1) is 5.63. The van der Waals surface area contributed by atoms with Crippen molar-refractivity contribution in [3.63, 3.8) is 0 Å². The van der Waals surface area contributed by atoms with Crippen molar-refractivity contribution in [2.75, 3.05) is 7.11 Å². The van der Waals surface area contributed by atoms with Crippen LogP contribution in [0.3, 0.4) is 0 Å². The summed E-state index contributed by atoms with van der Waals surface area (Å²) in [5, 5.41) is 7.36. The van der Waals surface area contributed by atoms with Crippen LogP contribution in [-0.4, -0.2) is 18.8 Å². The van der Waals surface area contributed by atoms with E-state index in [2.05, 4.69) is 0 Å². The summed E-state index contributed by atoms with van der Waals surface area (Å²) in [4.78, 5) is 10.7. The average molecular weight is 169 g/mol. The fourth-order valence-corrected chi connectivity index (χ4v) is 1.69. The Bertz CT molecular complexity index is 195. The molecule has 0 aromatic rings. The zero-order valence-corrected chi connectivity index (χ0v) is 7.59. The van der Waals surface area contributed by atoms with Crippen LogP contribution in [-0.2, 0) is 9.53 Å². The number of carbonyl (C=O) groups excluding carboxylic acids is 1. The number of ketones is 1. The minimum atomic E-state index is 0.252. The molecule has 0 saturated heterocycles. The highest BCUT2D eigenvalue weighted by Crippen LogP contribution is 2.36. The highest BCUT2D eigenvalue weighted by Gasteiger charge is 2.33. The topological polar surface area (TPSA) is 50.1 Å². The molecule has 3 heteroatoms. The Kier molecular flexibility index (Phi) is 2.84. The van der Waals surface area contributed by atoms with Gasteiger partial charge in [-0.2, -0.15) is 0 Å². The number of hydrogen-bond donors (Lipinski definition) is 1. The first-order valence-corrected chi connectivity index (χ1v) is 4.25. The van der Waals surface area contributed by atoms with Crippen LogP contribution < -0.4 is 0 Å². The number of methoxy groups -OCH3 is 1. The molecule has 0 heterocycles. The fraction of sp³-hybridized carbons (Fsp3) is 0.778. The Balaban J connectivity index is 2.20. The molecule has 0 spiro atoms. The molecule has 68 valence electrons. The first-order valence-electron chi connectivity index (χ1n) is 4.25. The van der Waals surface area contributed by atoms with E-state index in [9.17, 15) is 4.79 Å². The summed E-state index contributed by atoms with van der Waals surface area (Å²) in [6.07, 6.45) is 2.58. The molecule has 1 saturated carbocycles. The van der Waals surface area contributed by atoms with Gasteiger partial charge in [0, 0.05) is 12.3 Å². The quantitative estimate of drug-likeness (QED) is 0.515. The van der Waals surface area contributed by atoms with Gasteiger partial charge in [0.2, 0.25) is 0 Å². The first kappa shape index (κ1) is 9.23. The van der Waals surface area contributed by atoms with Crippen LogP contribution in [0.4, 0.5) is 0 Å². The third-order valence-electron chi connectivity index (χ3n) is 2.40. The lowest BCUT2D eigenvalue weighted by Crippen LogP contribution is -2.31. The van der Waals surface area contributed by atoms with Crippen LogP contribution in [0.2, 0.25) is 0 Å². The van der Waals surface area contributed by atoms with Crippen molar-refractivity contribution >= 4 is 11.7 Å². The van der Waals surface area contributed by atoms with Crippen molar-refractivity contribution in [2.24, 2.45) is 11.8 Å². The van der Waals surface area contributed by atoms with Gasteiger partial charge in [-0.15, -0.1) is 0 Å². The predicted octanol–water partition coefficient (Wildman–Crippen LogP) is 1.62. The van der Waals surface area contributed by atoms with Gasteiger partial charge in [-0.05, 0) is 25.7 Å². The fourth-order valence-electron chi connectivity index (χ4n) is 1.69. The SMILES string of the molecule is COC(=N)C1CC(CC(C)=O)C1. The summed E-state index contributed by atoms with van der Waals surface area (Å²) < 4.78 is 4.81. The molecule has 0 aliphatic heterocycles. The van der Waals surface area contributed by atoms with Crippen molar-refractivity contribution in [2.45, 2.75) is 26.2 Å². The maximum atomic E-state index is 10.7. The maximum absolute atomic E-state index is 10.7. The second kappa shape index (κ2) is 3.70. The van der Waals surface area contributed by atoms with Crippen LogP contribution in [0.5, 0.6) is 0 Å². The smallest absolute Gasteiger partial charge is 0.183 e. The summed E-state index contributed by atoms with van der Waals surface area (Å²) in [6, 6.07) is 0. The van der Waals surface area contributed by atoms with Crippen molar-refractivity contribution in [3.8, 4) is 0 Å². The van der Waals surface area contributed by atoms with Gasteiger partial charge in [-0.3, -0.25) is 5.41 Å².